The second-order valence-corrected chi connectivity index (χ2v) is 54.6. The molecule has 24 aliphatic carbocycles. The molecule has 30 rings (SSSR count). The Morgan fingerprint density at radius 1 is 0.203 bits per heavy atom. The highest BCUT2D eigenvalue weighted by Crippen LogP contribution is 2.74. The normalized spacial score (nSPS) is 39.8. The number of hydrogen-bond acceptors (Lipinski definition) is 6. The van der Waals surface area contributed by atoms with E-state index in [1.54, 1.807) is 66.7 Å². The number of carbonyl (C=O) groups is 6. The van der Waals surface area contributed by atoms with Crippen molar-refractivity contribution in [3.8, 4) is 0 Å². The number of benzene rings is 6. The molecule has 6 aromatic rings. The molecule has 0 radical (unpaired) electrons. The number of Topliss-reactive ketones (excluding diaryl/α,β-unsaturated/α-hetero) is 6. The highest BCUT2D eigenvalue weighted by atomic mass is 35.5. The van der Waals surface area contributed by atoms with E-state index in [0.29, 0.717) is 224 Å². The van der Waals surface area contributed by atoms with E-state index in [1.807, 2.05) is 84.0 Å². The van der Waals surface area contributed by atoms with Crippen LogP contribution in [-0.4, -0.2) is 97.1 Å². The van der Waals surface area contributed by atoms with Crippen LogP contribution >= 0.6 is 69.6 Å². The molecule has 24 aliphatic rings. The molecule has 0 aromatic heterocycles. The van der Waals surface area contributed by atoms with Crippen LogP contribution in [0.25, 0.3) is 0 Å². The maximum Gasteiger partial charge on any atom is 0.163 e. The van der Waals surface area contributed by atoms with Crippen molar-refractivity contribution in [2.75, 3.05) is 0 Å². The maximum atomic E-state index is 15.0. The van der Waals surface area contributed by atoms with E-state index in [2.05, 4.69) is 0 Å². The Morgan fingerprint density at radius 2 is 0.357 bits per heavy atom. The third kappa shape index (κ3) is 23.0. The number of rotatable bonds is 24. The van der Waals surface area contributed by atoms with Crippen LogP contribution in [0.5, 0.6) is 0 Å². The Hall–Kier alpha value is -5.69. The Labute approximate surface area is 867 Å². The summed E-state index contributed by atoms with van der Waals surface area (Å²) >= 11 is 36.0. The predicted molar refractivity (Wildman–Crippen MR) is 546 cm³/mol. The molecule has 0 aliphatic heterocycles. The van der Waals surface area contributed by atoms with Crippen molar-refractivity contribution in [3.05, 3.63) is 206 Å². The summed E-state index contributed by atoms with van der Waals surface area (Å²) in [6, 6.07) is 32.0. The molecule has 10 unspecified atom stereocenters. The molecule has 6 aromatic carbocycles. The number of carbonyl (C=O) groups excluding carboxylic acids is 6. The quantitative estimate of drug-likeness (QED) is 0.0442. The lowest BCUT2D eigenvalue weighted by Gasteiger charge is -2.63. The topological polar surface area (TPSA) is 102 Å². The zero-order chi connectivity index (χ0) is 102. The number of hydrogen-bond donors (Lipinski definition) is 0. The molecule has 23 heteroatoms. The summed E-state index contributed by atoms with van der Waals surface area (Å²) in [5, 5.41) is 3.34. The lowest BCUT2D eigenvalue weighted by atomic mass is 9.45. The van der Waals surface area contributed by atoms with E-state index in [4.69, 9.17) is 69.6 Å². The molecule has 24 bridgehead atoms. The molecule has 10 atom stereocenters. The van der Waals surface area contributed by atoms with Crippen molar-refractivity contribution in [1.29, 1.82) is 0 Å². The van der Waals surface area contributed by atoms with Crippen LogP contribution in [-0.2, 0) is 0 Å². The fourth-order valence-corrected chi connectivity index (χ4v) is 37.5. The summed E-state index contributed by atoms with van der Waals surface area (Å²) in [7, 11) is 0. The van der Waals surface area contributed by atoms with Crippen molar-refractivity contribution in [2.24, 2.45) is 73.9 Å². The molecule has 143 heavy (non-hydrogen) atoms. The van der Waals surface area contributed by atoms with Crippen LogP contribution in [0.2, 0.25) is 30.1 Å². The van der Waals surface area contributed by atoms with Crippen molar-refractivity contribution >= 4 is 104 Å². The van der Waals surface area contributed by atoms with Crippen molar-refractivity contribution in [1.82, 2.24) is 0 Å². The van der Waals surface area contributed by atoms with E-state index < -0.39 is 67.8 Å². The summed E-state index contributed by atoms with van der Waals surface area (Å²) in [6.07, 6.45) is 26.0. The zero-order valence-electron chi connectivity index (χ0n) is 83.7. The highest BCUT2D eigenvalue weighted by Gasteiger charge is 2.72. The Morgan fingerprint density at radius 3 is 0.545 bits per heavy atom. The van der Waals surface area contributed by atoms with Gasteiger partial charge in [0, 0.05) is 141 Å². The van der Waals surface area contributed by atoms with E-state index in [-0.39, 0.29) is 144 Å². The van der Waals surface area contributed by atoms with Gasteiger partial charge in [-0.3, -0.25) is 28.8 Å². The Balaban J connectivity index is 0.000000109. The molecule has 24 saturated carbocycles. The van der Waals surface area contributed by atoms with Crippen LogP contribution in [0.4, 0.5) is 48.3 Å². The van der Waals surface area contributed by atoms with Crippen molar-refractivity contribution in [3.63, 3.8) is 0 Å². The maximum absolute atomic E-state index is 15.0. The summed E-state index contributed by atoms with van der Waals surface area (Å²) in [6.45, 7) is 11.4. The van der Waals surface area contributed by atoms with E-state index in [1.165, 1.54) is 12.8 Å². The zero-order valence-corrected chi connectivity index (χ0v) is 88.3. The molecule has 0 N–H and O–H groups in total. The van der Waals surface area contributed by atoms with Gasteiger partial charge in [-0.15, -0.1) is 0 Å². The summed E-state index contributed by atoms with van der Waals surface area (Å²) in [4.78, 5) is 75.8. The van der Waals surface area contributed by atoms with E-state index in [9.17, 15) is 63.9 Å². The molecule has 0 heterocycles. The first-order valence-electron chi connectivity index (χ1n) is 53.2. The van der Waals surface area contributed by atoms with E-state index in [0.717, 1.165) is 128 Å². The number of halogens is 17. The third-order valence-corrected chi connectivity index (χ3v) is 40.0. The van der Waals surface area contributed by atoms with Crippen molar-refractivity contribution < 1.29 is 77.1 Å². The minimum atomic E-state index is -1.76. The lowest BCUT2D eigenvalue weighted by Crippen LogP contribution is -2.65. The SMILES string of the molecule is Cc1ccc(Cl)cc1C(=O)CCC12CC3(F)CC(F)(CC(F)(C3)C1)C2.Cc1ccc(Cl)cc1C(=O)CCC12CC3CC(CC(F)(C3)C1)C2.Cc1ccc(Cl)cc1C(=O)CCC12CC3CC(CC(F)(C3)C1)C2.Cc1ccc(Cl)cc1C(=O)CCC12CC3CC(F)(CC(F)(C3)C1)C2.Cc1ccc(Cl)cc1C(=O)CCC12CC3CC(F)(CC(F)(C3)C1)C2.Cc1ccc(Cl)cc1C(=O)CCC12CC3CC(F)(CC(F)(C3)C1)C2. The van der Waals surface area contributed by atoms with Gasteiger partial charge >= 0.3 is 0 Å². The van der Waals surface area contributed by atoms with Crippen LogP contribution in [0.15, 0.2) is 109 Å². The largest absolute Gasteiger partial charge is 0.294 e. The van der Waals surface area contributed by atoms with Crippen LogP contribution in [0, 0.1) is 115 Å². The fourth-order valence-electron chi connectivity index (χ4n) is 36.5. The molecule has 0 saturated heterocycles. The molecule has 24 fully saturated rings. The number of ketones is 6. The summed E-state index contributed by atoms with van der Waals surface area (Å²) < 4.78 is 165. The minimum Gasteiger partial charge on any atom is -0.294 e. The molecule has 774 valence electrons. The second kappa shape index (κ2) is 38.3. The summed E-state index contributed by atoms with van der Waals surface area (Å²) in [5.41, 5.74) is -7.35. The van der Waals surface area contributed by atoms with Crippen LogP contribution < -0.4 is 0 Å². The van der Waals surface area contributed by atoms with Gasteiger partial charge in [-0.2, -0.15) is 0 Å². The van der Waals surface area contributed by atoms with Gasteiger partial charge in [0.05, 0.1) is 0 Å². The van der Waals surface area contributed by atoms with Gasteiger partial charge in [0.2, 0.25) is 0 Å². The van der Waals surface area contributed by atoms with Crippen LogP contribution in [0.1, 0.15) is 404 Å². The van der Waals surface area contributed by atoms with Gasteiger partial charge in [0.25, 0.3) is 0 Å². The third-order valence-electron chi connectivity index (χ3n) is 38.6. The Kier molecular flexibility index (Phi) is 28.3. The van der Waals surface area contributed by atoms with Gasteiger partial charge in [-0.05, 0) is 453 Å². The van der Waals surface area contributed by atoms with Gasteiger partial charge in [-0.1, -0.05) is 106 Å². The standard InChI is InChI=1S/C20H22ClF3O.3C20H23ClF2O.2C20H24ClFO/c1-13-2-3-14(21)6-15(13)16(25)4-5-17-7-18(22)10-19(23,8-17)12-20(24,9-17)11-18;3*1-13-2-3-15(21)6-16(13)17(24)4-5-18-7-14-8-19(22,10-18)12-20(23,9-14)11-18;2*1-13-2-3-16(21)7-17(13)18(23)4-5-19-8-14-6-15(9-19)11-20(22,10-14)12-19/h2-3,6H,4-5,7-12H2,1H3;3*2-3,6,14H,4-5,7-12H2,1H3;2*2-3,7,14-15H,4-6,8-12H2,1H3. The first-order valence-corrected chi connectivity index (χ1v) is 55.5. The average molecular weight is 2100 g/mol. The lowest BCUT2D eigenvalue weighted by molar-refractivity contribution is -0.218. The van der Waals surface area contributed by atoms with Gasteiger partial charge in [0.15, 0.2) is 34.7 Å². The monoisotopic (exact) mass is 2090 g/mol. The van der Waals surface area contributed by atoms with Crippen molar-refractivity contribution in [2.45, 2.75) is 412 Å². The fraction of sp³-hybridized carbons (Fsp3) is 0.650. The highest BCUT2D eigenvalue weighted by molar-refractivity contribution is 6.33. The second-order valence-electron chi connectivity index (χ2n) is 52.0. The first-order chi connectivity index (χ1) is 66.9. The molecular weight excluding hydrogens is 1960 g/mol. The van der Waals surface area contributed by atoms with Gasteiger partial charge < -0.3 is 0 Å². The average Bonchev–Trinajstić information content (AvgIpc) is 0.695. The first kappa shape index (κ1) is 106. The molecule has 0 spiro atoms. The van der Waals surface area contributed by atoms with Crippen LogP contribution in [0.3, 0.4) is 0 Å². The van der Waals surface area contributed by atoms with Gasteiger partial charge in [0.1, 0.15) is 62.4 Å². The smallest absolute Gasteiger partial charge is 0.163 e. The number of aryl methyl sites for hydroxylation is 6. The molecule has 0 amide bonds. The van der Waals surface area contributed by atoms with E-state index >= 15 is 13.2 Å². The summed E-state index contributed by atoms with van der Waals surface area (Å²) in [5.74, 6) is 3.02. The van der Waals surface area contributed by atoms with Gasteiger partial charge in [-0.25, -0.2) is 48.3 Å². The predicted octanol–water partition coefficient (Wildman–Crippen LogP) is 36.0. The Bertz CT molecular complexity index is 5460. The molecular formula is C120H139Cl6F11O6. The minimum absolute atomic E-state index is 0.0339. The number of alkyl halides is 11. The molecule has 6 nitrogen and oxygen atoms in total.